The Hall–Kier alpha value is -3.80. The Labute approximate surface area is 274 Å². The van der Waals surface area contributed by atoms with Gasteiger partial charge in [-0.25, -0.2) is 27.4 Å². The summed E-state index contributed by atoms with van der Waals surface area (Å²) in [5.74, 6) is -5.09. The van der Waals surface area contributed by atoms with Gasteiger partial charge >= 0.3 is 12.1 Å². The van der Waals surface area contributed by atoms with Crippen molar-refractivity contribution in [2.45, 2.75) is 88.6 Å². The highest BCUT2D eigenvalue weighted by Crippen LogP contribution is 2.37. The van der Waals surface area contributed by atoms with Gasteiger partial charge in [0, 0.05) is 37.4 Å². The van der Waals surface area contributed by atoms with E-state index >= 15 is 0 Å². The maximum Gasteiger partial charge on any atom is 0.410 e. The Bertz CT molecular complexity index is 1470. The molecule has 0 spiro atoms. The molecular weight excluding hydrogens is 643 g/mol. The molecule has 0 radical (unpaired) electrons. The van der Waals surface area contributed by atoms with Crippen molar-refractivity contribution in [3.05, 3.63) is 35.8 Å². The number of aliphatic hydroxyl groups excluding tert-OH is 2. The molecule has 264 valence electrons. The van der Waals surface area contributed by atoms with Crippen molar-refractivity contribution in [3.8, 4) is 11.3 Å². The second-order valence-corrected chi connectivity index (χ2v) is 13.1. The zero-order valence-electron chi connectivity index (χ0n) is 27.1. The van der Waals surface area contributed by atoms with Crippen LogP contribution in [0.4, 0.5) is 18.0 Å². The number of oxime groups is 1. The average molecular weight is 684 g/mol. The molecule has 17 heteroatoms. The second-order valence-electron chi connectivity index (χ2n) is 13.1. The lowest BCUT2D eigenvalue weighted by Crippen LogP contribution is -2.57. The summed E-state index contributed by atoms with van der Waals surface area (Å²) < 4.78 is 64.9. The van der Waals surface area contributed by atoms with Crippen LogP contribution in [0.2, 0.25) is 0 Å². The van der Waals surface area contributed by atoms with Crippen LogP contribution in [0.3, 0.4) is 0 Å². The van der Waals surface area contributed by atoms with Crippen LogP contribution in [0.1, 0.15) is 52.5 Å². The Morgan fingerprint density at radius 2 is 1.79 bits per heavy atom. The van der Waals surface area contributed by atoms with E-state index in [1.54, 1.807) is 4.90 Å². The number of benzene rings is 1. The molecule has 14 nitrogen and oxygen atoms in total. The van der Waals surface area contributed by atoms with Crippen LogP contribution >= 0.6 is 0 Å². The second kappa shape index (κ2) is 14.8. The molecular formula is C31H40F3N5O9. The first-order valence-electron chi connectivity index (χ1n) is 15.7. The molecule has 2 saturated heterocycles. The molecule has 6 atom stereocenters. The van der Waals surface area contributed by atoms with Crippen LogP contribution in [0.5, 0.6) is 0 Å². The highest BCUT2D eigenvalue weighted by molar-refractivity contribution is 5.88. The van der Waals surface area contributed by atoms with E-state index in [4.69, 9.17) is 23.8 Å². The van der Waals surface area contributed by atoms with Gasteiger partial charge in [0.15, 0.2) is 17.5 Å². The summed E-state index contributed by atoms with van der Waals surface area (Å²) in [5.41, 5.74) is 0.0978. The number of piperidine rings is 1. The maximum absolute atomic E-state index is 14.0. The summed E-state index contributed by atoms with van der Waals surface area (Å²) in [5, 5.41) is 33.7. The zero-order valence-corrected chi connectivity index (χ0v) is 27.1. The lowest BCUT2D eigenvalue weighted by Gasteiger charge is -2.44. The van der Waals surface area contributed by atoms with E-state index in [0.717, 1.165) is 17.8 Å². The number of rotatable bonds is 9. The summed E-state index contributed by atoms with van der Waals surface area (Å²) >= 11 is 0. The lowest BCUT2D eigenvalue weighted by atomic mass is 9.86. The van der Waals surface area contributed by atoms with E-state index < -0.39 is 78.8 Å². The highest BCUT2D eigenvalue weighted by atomic mass is 19.2. The molecule has 2 fully saturated rings. The number of nitrogens with zero attached hydrogens (tertiary/aromatic N) is 5. The number of hydrogen-bond acceptors (Lipinski definition) is 12. The number of amides is 1. The standard InChI is InChI=1S/C31H40F3N5O9/c1-31(2,3)47-30(43)38-7-5-16(6-8-38)21-11-18(48-36-21)12-23-29(45-15-25(41)44-4)27(28(42)24(14-40)46-23)39-13-22(35-37-39)17-9-19(32)26(34)20(33)10-17/h9-10,13,16,18,23-24,27-29,40,42H,5-8,11-12,14-15H2,1-4H3/t18-,23-,24-,27+,28+,29+/m1/s1. The molecule has 0 bridgehead atoms. The van der Waals surface area contributed by atoms with Crippen LogP contribution in [-0.2, 0) is 28.6 Å². The molecule has 3 aliphatic rings. The fourth-order valence-electron chi connectivity index (χ4n) is 6.15. The van der Waals surface area contributed by atoms with E-state index in [2.05, 4.69) is 15.5 Å². The summed E-state index contributed by atoms with van der Waals surface area (Å²) in [6.07, 6.45) is -2.09. The van der Waals surface area contributed by atoms with Crippen molar-refractivity contribution in [1.29, 1.82) is 0 Å². The van der Waals surface area contributed by atoms with Crippen LogP contribution in [-0.4, -0.2) is 117 Å². The number of esters is 1. The van der Waals surface area contributed by atoms with Crippen LogP contribution in [0.15, 0.2) is 23.5 Å². The monoisotopic (exact) mass is 683 g/mol. The normalized spacial score (nSPS) is 26.6. The SMILES string of the molecule is COC(=O)CO[C@@H]1[C@@H](n2cc(-c3cc(F)c(F)c(F)c3)nn2)[C@@H](O)[C@@H](CO)O[C@@H]1C[C@H]1CC(C2CCN(C(=O)OC(C)(C)C)CC2)=NO1. The van der Waals surface area contributed by atoms with Gasteiger partial charge in [0.05, 0.1) is 31.7 Å². The Balaban J connectivity index is 1.31. The van der Waals surface area contributed by atoms with Gasteiger partial charge < -0.3 is 38.9 Å². The molecule has 3 aliphatic heterocycles. The highest BCUT2D eigenvalue weighted by Gasteiger charge is 2.49. The Morgan fingerprint density at radius 3 is 2.42 bits per heavy atom. The molecule has 2 N–H and O–H groups in total. The summed E-state index contributed by atoms with van der Waals surface area (Å²) in [6, 6.07) is 0.406. The van der Waals surface area contributed by atoms with Crippen molar-refractivity contribution in [2.24, 2.45) is 11.1 Å². The van der Waals surface area contributed by atoms with Crippen molar-refractivity contribution in [1.82, 2.24) is 19.9 Å². The first-order valence-corrected chi connectivity index (χ1v) is 15.7. The van der Waals surface area contributed by atoms with Gasteiger partial charge in [0.1, 0.15) is 48.4 Å². The van der Waals surface area contributed by atoms with E-state index in [1.165, 1.54) is 18.0 Å². The number of halogens is 3. The molecule has 4 heterocycles. The summed E-state index contributed by atoms with van der Waals surface area (Å²) in [7, 11) is 1.18. The van der Waals surface area contributed by atoms with Crippen LogP contribution in [0, 0.1) is 23.4 Å². The van der Waals surface area contributed by atoms with E-state index in [1.807, 2.05) is 20.8 Å². The van der Waals surface area contributed by atoms with Gasteiger partial charge in [-0.1, -0.05) is 10.4 Å². The third-order valence-corrected chi connectivity index (χ3v) is 8.55. The molecule has 1 aromatic heterocycles. The number of methoxy groups -OCH3 is 1. The van der Waals surface area contributed by atoms with Gasteiger partial charge in [0.25, 0.3) is 0 Å². The quantitative estimate of drug-likeness (QED) is 0.295. The number of ether oxygens (including phenoxy) is 4. The first-order chi connectivity index (χ1) is 22.8. The maximum atomic E-state index is 14.0. The Morgan fingerprint density at radius 1 is 1.10 bits per heavy atom. The number of aromatic nitrogens is 3. The van der Waals surface area contributed by atoms with E-state index in [-0.39, 0.29) is 29.7 Å². The molecule has 0 aliphatic carbocycles. The van der Waals surface area contributed by atoms with Gasteiger partial charge in [-0.05, 0) is 45.7 Å². The molecule has 2 aromatic rings. The largest absolute Gasteiger partial charge is 0.467 e. The van der Waals surface area contributed by atoms with Crippen LogP contribution < -0.4 is 0 Å². The van der Waals surface area contributed by atoms with Crippen molar-refractivity contribution < 1.29 is 56.8 Å². The van der Waals surface area contributed by atoms with Crippen molar-refractivity contribution in [2.75, 3.05) is 33.4 Å². The molecule has 1 amide bonds. The van der Waals surface area contributed by atoms with Gasteiger partial charge in [0.2, 0.25) is 0 Å². The minimum absolute atomic E-state index is 0.0369. The Kier molecular flexibility index (Phi) is 10.9. The predicted molar refractivity (Wildman–Crippen MR) is 160 cm³/mol. The summed E-state index contributed by atoms with van der Waals surface area (Å²) in [4.78, 5) is 32.0. The number of carbonyl (C=O) groups excluding carboxylic acids is 2. The fraction of sp³-hybridized carbons (Fsp3) is 0.645. The molecule has 0 unspecified atom stereocenters. The van der Waals surface area contributed by atoms with Crippen molar-refractivity contribution in [3.63, 3.8) is 0 Å². The van der Waals surface area contributed by atoms with E-state index in [0.29, 0.717) is 32.4 Å². The predicted octanol–water partition coefficient (Wildman–Crippen LogP) is 2.76. The third-order valence-electron chi connectivity index (χ3n) is 8.55. The minimum atomic E-state index is -1.64. The topological polar surface area (TPSA) is 167 Å². The summed E-state index contributed by atoms with van der Waals surface area (Å²) in [6.45, 7) is 5.36. The fourth-order valence-corrected chi connectivity index (χ4v) is 6.15. The molecule has 1 aromatic carbocycles. The van der Waals surface area contributed by atoms with Crippen LogP contribution in [0.25, 0.3) is 11.3 Å². The van der Waals surface area contributed by atoms with Crippen molar-refractivity contribution >= 4 is 17.8 Å². The average Bonchev–Trinajstić information content (AvgIpc) is 3.73. The first kappa shape index (κ1) is 35.5. The van der Waals surface area contributed by atoms with Gasteiger partial charge in [-0.3, -0.25) is 0 Å². The lowest BCUT2D eigenvalue weighted by molar-refractivity contribution is -0.226. The number of likely N-dealkylation sites (tertiary alicyclic amines) is 1. The molecule has 48 heavy (non-hydrogen) atoms. The zero-order chi connectivity index (χ0) is 34.7. The third kappa shape index (κ3) is 8.07. The smallest absolute Gasteiger partial charge is 0.410 e. The molecule has 0 saturated carbocycles. The van der Waals surface area contributed by atoms with Gasteiger partial charge in [-0.2, -0.15) is 0 Å². The number of aliphatic hydroxyl groups is 2. The number of carbonyl (C=O) groups is 2. The molecule has 5 rings (SSSR count). The minimum Gasteiger partial charge on any atom is -0.467 e. The van der Waals surface area contributed by atoms with E-state index in [9.17, 15) is 33.0 Å². The number of hydrogen-bond donors (Lipinski definition) is 2. The van der Waals surface area contributed by atoms with Gasteiger partial charge in [-0.15, -0.1) is 5.10 Å².